The second-order valence-electron chi connectivity index (χ2n) is 4.49. The van der Waals surface area contributed by atoms with Crippen LogP contribution in [-0.4, -0.2) is 29.0 Å². The lowest BCUT2D eigenvalue weighted by Crippen LogP contribution is -2.33. The van der Waals surface area contributed by atoms with Crippen LogP contribution in [0.15, 0.2) is 23.6 Å². The molecule has 2 aromatic heterocycles. The maximum absolute atomic E-state index is 11.9. The Morgan fingerprint density at radius 2 is 2.50 bits per heavy atom. The number of hydrogen-bond donors (Lipinski definition) is 2. The lowest BCUT2D eigenvalue weighted by Gasteiger charge is -2.21. The van der Waals surface area contributed by atoms with Gasteiger partial charge in [0.15, 0.2) is 12.0 Å². The van der Waals surface area contributed by atoms with Crippen LogP contribution in [0.2, 0.25) is 0 Å². The van der Waals surface area contributed by atoms with E-state index in [4.69, 9.17) is 9.57 Å². The molecule has 6 nitrogen and oxygen atoms in total. The third-order valence-electron chi connectivity index (χ3n) is 3.02. The summed E-state index contributed by atoms with van der Waals surface area (Å²) in [7, 11) is 0. The van der Waals surface area contributed by atoms with Gasteiger partial charge in [0.05, 0.1) is 10.6 Å². The molecule has 1 aliphatic rings. The highest BCUT2D eigenvalue weighted by Crippen LogP contribution is 2.22. The van der Waals surface area contributed by atoms with E-state index >= 15 is 0 Å². The van der Waals surface area contributed by atoms with Crippen molar-refractivity contribution in [1.82, 2.24) is 15.7 Å². The van der Waals surface area contributed by atoms with Crippen molar-refractivity contribution in [3.63, 3.8) is 0 Å². The highest BCUT2D eigenvalue weighted by molar-refractivity contribution is 7.13. The molecule has 1 amide bonds. The fourth-order valence-corrected chi connectivity index (χ4v) is 2.66. The fraction of sp³-hybridized carbons (Fsp3) is 0.385. The smallest absolute Gasteiger partial charge is 0.295 e. The van der Waals surface area contributed by atoms with E-state index in [9.17, 15) is 4.79 Å². The summed E-state index contributed by atoms with van der Waals surface area (Å²) in [5.41, 5.74) is 3.50. The van der Waals surface area contributed by atoms with E-state index in [1.54, 1.807) is 17.4 Å². The molecule has 1 unspecified atom stereocenters. The van der Waals surface area contributed by atoms with Gasteiger partial charge in [0, 0.05) is 13.0 Å². The second kappa shape index (κ2) is 6.17. The minimum Gasteiger partial charge on any atom is -0.350 e. The fourth-order valence-electron chi connectivity index (χ4n) is 1.97. The Hall–Kier alpha value is -1.70. The van der Waals surface area contributed by atoms with Crippen LogP contribution in [0.5, 0.6) is 0 Å². The topological polar surface area (TPSA) is 76.2 Å². The number of carbonyl (C=O) groups excluding carboxylic acids is 1. The summed E-state index contributed by atoms with van der Waals surface area (Å²) in [6.07, 6.45) is 2.52. The zero-order chi connectivity index (χ0) is 13.8. The number of nitrogens with zero attached hydrogens (tertiary/aromatic N) is 1. The molecule has 7 heteroatoms. The van der Waals surface area contributed by atoms with Crippen molar-refractivity contribution in [3.8, 4) is 10.6 Å². The van der Waals surface area contributed by atoms with E-state index in [1.807, 2.05) is 17.5 Å². The van der Waals surface area contributed by atoms with Gasteiger partial charge in [-0.15, -0.1) is 11.3 Å². The lowest BCUT2D eigenvalue weighted by atomic mass is 10.2. The summed E-state index contributed by atoms with van der Waals surface area (Å²) in [4.78, 5) is 18.2. The number of H-pyrrole nitrogens is 1. The summed E-state index contributed by atoms with van der Waals surface area (Å²) < 4.78 is 5.36. The minimum absolute atomic E-state index is 0.296. The zero-order valence-electron chi connectivity index (χ0n) is 10.8. The van der Waals surface area contributed by atoms with Crippen LogP contribution in [0.4, 0.5) is 0 Å². The van der Waals surface area contributed by atoms with Gasteiger partial charge in [-0.3, -0.25) is 9.89 Å². The number of aromatic amines is 1. The molecule has 1 atom stereocenters. The summed E-state index contributed by atoms with van der Waals surface area (Å²) >= 11 is 1.58. The van der Waals surface area contributed by atoms with Crippen molar-refractivity contribution in [1.29, 1.82) is 0 Å². The zero-order valence-corrected chi connectivity index (χ0v) is 11.6. The maximum atomic E-state index is 11.9. The third-order valence-corrected chi connectivity index (χ3v) is 3.92. The molecule has 0 aliphatic carbocycles. The number of hydrogen-bond acceptors (Lipinski definition) is 5. The van der Waals surface area contributed by atoms with Crippen LogP contribution in [-0.2, 0) is 9.57 Å². The third kappa shape index (κ3) is 3.06. The first-order valence-corrected chi connectivity index (χ1v) is 7.38. The average molecular weight is 293 g/mol. The molecular weight excluding hydrogens is 278 g/mol. The van der Waals surface area contributed by atoms with Crippen molar-refractivity contribution < 1.29 is 14.4 Å². The molecule has 20 heavy (non-hydrogen) atoms. The quantitative estimate of drug-likeness (QED) is 0.848. The summed E-state index contributed by atoms with van der Waals surface area (Å²) in [5.74, 6) is -0.377. The van der Waals surface area contributed by atoms with Gasteiger partial charge in [0.2, 0.25) is 0 Å². The predicted octanol–water partition coefficient (Wildman–Crippen LogP) is 2.33. The van der Waals surface area contributed by atoms with Gasteiger partial charge in [0.1, 0.15) is 0 Å². The van der Waals surface area contributed by atoms with Gasteiger partial charge < -0.3 is 4.74 Å². The molecule has 3 heterocycles. The number of rotatable bonds is 4. The van der Waals surface area contributed by atoms with Gasteiger partial charge in [-0.25, -0.2) is 10.3 Å². The molecule has 1 aliphatic heterocycles. The number of nitrogens with one attached hydrogen (secondary N) is 2. The number of hydroxylamine groups is 1. The van der Waals surface area contributed by atoms with E-state index in [1.165, 1.54) is 0 Å². The van der Waals surface area contributed by atoms with Crippen LogP contribution < -0.4 is 5.48 Å². The average Bonchev–Trinajstić information content (AvgIpc) is 3.16. The Labute approximate surface area is 120 Å². The molecule has 1 fully saturated rings. The van der Waals surface area contributed by atoms with Gasteiger partial charge in [0.25, 0.3) is 5.91 Å². The van der Waals surface area contributed by atoms with E-state index in [0.717, 1.165) is 29.8 Å². The van der Waals surface area contributed by atoms with Gasteiger partial charge >= 0.3 is 0 Å². The SMILES string of the molecule is O=C(NOC1CCCCO1)c1cc(-c2cccs2)[nH]n1. The Balaban J connectivity index is 1.57. The van der Waals surface area contributed by atoms with Crippen molar-refractivity contribution in [2.45, 2.75) is 25.6 Å². The largest absolute Gasteiger partial charge is 0.350 e. The van der Waals surface area contributed by atoms with Crippen LogP contribution in [0.25, 0.3) is 10.6 Å². The van der Waals surface area contributed by atoms with Gasteiger partial charge in [-0.05, 0) is 30.4 Å². The van der Waals surface area contributed by atoms with Crippen molar-refractivity contribution >= 4 is 17.2 Å². The van der Waals surface area contributed by atoms with Crippen LogP contribution >= 0.6 is 11.3 Å². The van der Waals surface area contributed by atoms with Crippen LogP contribution in [0, 0.1) is 0 Å². The first-order chi connectivity index (χ1) is 9.83. The Morgan fingerprint density at radius 3 is 3.25 bits per heavy atom. The summed E-state index contributed by atoms with van der Waals surface area (Å²) in [5, 5.41) is 8.80. The number of carbonyl (C=O) groups is 1. The Bertz CT molecular complexity index is 561. The highest BCUT2D eigenvalue weighted by atomic mass is 32.1. The first kappa shape index (κ1) is 13.3. The minimum atomic E-state index is -0.377. The van der Waals surface area contributed by atoms with Crippen molar-refractivity contribution in [3.05, 3.63) is 29.3 Å². The Morgan fingerprint density at radius 1 is 1.55 bits per heavy atom. The normalized spacial score (nSPS) is 18.9. The monoisotopic (exact) mass is 293 g/mol. The molecule has 0 aromatic carbocycles. The lowest BCUT2D eigenvalue weighted by molar-refractivity contribution is -0.186. The molecule has 106 valence electrons. The van der Waals surface area contributed by atoms with Gasteiger partial charge in [-0.2, -0.15) is 5.10 Å². The molecule has 1 saturated heterocycles. The molecule has 0 radical (unpaired) electrons. The standard InChI is InChI=1S/C13H15N3O3S/c17-13(16-19-12-5-1-2-6-18-12)10-8-9(14-15-10)11-4-3-7-20-11/h3-4,7-8,12H,1-2,5-6H2,(H,14,15)(H,16,17). The Kier molecular flexibility index (Phi) is 4.10. The molecule has 2 N–H and O–H groups in total. The highest BCUT2D eigenvalue weighted by Gasteiger charge is 2.17. The number of thiophene rings is 1. The number of aromatic nitrogens is 2. The van der Waals surface area contributed by atoms with Crippen molar-refractivity contribution in [2.24, 2.45) is 0 Å². The molecular formula is C13H15N3O3S. The van der Waals surface area contributed by atoms with Crippen LogP contribution in [0.3, 0.4) is 0 Å². The van der Waals surface area contributed by atoms with Crippen molar-refractivity contribution in [2.75, 3.05) is 6.61 Å². The van der Waals surface area contributed by atoms with Gasteiger partial charge in [-0.1, -0.05) is 6.07 Å². The summed E-state index contributed by atoms with van der Waals surface area (Å²) in [6.45, 7) is 0.672. The summed E-state index contributed by atoms with van der Waals surface area (Å²) in [6, 6.07) is 5.61. The molecule has 0 saturated carbocycles. The van der Waals surface area contributed by atoms with E-state index in [2.05, 4.69) is 15.7 Å². The molecule has 3 rings (SSSR count). The van der Waals surface area contributed by atoms with E-state index in [-0.39, 0.29) is 12.2 Å². The van der Waals surface area contributed by atoms with E-state index < -0.39 is 0 Å². The molecule has 0 spiro atoms. The number of ether oxygens (including phenoxy) is 1. The predicted molar refractivity (Wildman–Crippen MR) is 74.0 cm³/mol. The number of amides is 1. The van der Waals surface area contributed by atoms with Crippen LogP contribution in [0.1, 0.15) is 29.8 Å². The molecule has 2 aromatic rings. The second-order valence-corrected chi connectivity index (χ2v) is 5.44. The van der Waals surface area contributed by atoms with E-state index in [0.29, 0.717) is 12.3 Å². The molecule has 0 bridgehead atoms. The first-order valence-electron chi connectivity index (χ1n) is 6.50. The maximum Gasteiger partial charge on any atom is 0.295 e.